The van der Waals surface area contributed by atoms with Crippen LogP contribution < -0.4 is 5.56 Å². The van der Waals surface area contributed by atoms with Gasteiger partial charge in [-0.25, -0.2) is 4.98 Å². The number of para-hydroxylation sites is 1. The molecule has 1 amide bonds. The topological polar surface area (TPSA) is 69.3 Å². The van der Waals surface area contributed by atoms with Crippen LogP contribution in [-0.4, -0.2) is 51.9 Å². The maximum absolute atomic E-state index is 12.8. The summed E-state index contributed by atoms with van der Waals surface area (Å²) in [5.74, 6) is 1.58. The summed E-state index contributed by atoms with van der Waals surface area (Å²) in [6, 6.07) is 7.30. The van der Waals surface area contributed by atoms with E-state index in [-0.39, 0.29) is 11.5 Å². The van der Waals surface area contributed by atoms with Crippen LogP contribution in [0.5, 0.6) is 0 Å². The van der Waals surface area contributed by atoms with E-state index in [1.54, 1.807) is 6.07 Å². The molecule has 148 valence electrons. The average molecular weight is 373 g/mol. The quantitative estimate of drug-likeness (QED) is 0.735. The molecule has 27 heavy (non-hydrogen) atoms. The van der Waals surface area contributed by atoms with Gasteiger partial charge in [0, 0.05) is 13.1 Å². The Hall–Kier alpha value is -2.21. The van der Waals surface area contributed by atoms with Crippen molar-refractivity contribution in [3.05, 3.63) is 40.4 Å². The van der Waals surface area contributed by atoms with Gasteiger partial charge < -0.3 is 9.88 Å². The van der Waals surface area contributed by atoms with Gasteiger partial charge in [0.25, 0.3) is 5.56 Å². The Kier molecular flexibility index (Phi) is 7.54. The zero-order chi connectivity index (χ0) is 20.0. The largest absolute Gasteiger partial charge is 0.341 e. The number of hydrogen-bond donors (Lipinski definition) is 1. The first kappa shape index (κ1) is 21.1. The molecule has 6 heteroatoms. The SMILES string of the molecule is CCN(CC(=O)N(CC(C)C)CC(C)C)Cc1nc2ccccc2c(=O)[nH]1. The molecule has 0 unspecified atom stereocenters. The smallest absolute Gasteiger partial charge is 0.258 e. The van der Waals surface area contributed by atoms with Crippen molar-refractivity contribution >= 4 is 16.8 Å². The number of nitrogens with one attached hydrogen (secondary N) is 1. The van der Waals surface area contributed by atoms with Gasteiger partial charge in [0.05, 0.1) is 24.0 Å². The Morgan fingerprint density at radius 3 is 2.33 bits per heavy atom. The zero-order valence-electron chi connectivity index (χ0n) is 17.2. The minimum atomic E-state index is -0.140. The molecule has 0 radical (unpaired) electrons. The molecule has 0 saturated heterocycles. The lowest BCUT2D eigenvalue weighted by Crippen LogP contribution is -2.43. The molecular weight excluding hydrogens is 340 g/mol. The second-order valence-corrected chi connectivity index (χ2v) is 7.92. The molecular formula is C21H32N4O2. The number of carbonyl (C=O) groups excluding carboxylic acids is 1. The molecule has 0 fully saturated rings. The molecule has 0 saturated carbocycles. The van der Waals surface area contributed by atoms with Crippen LogP contribution >= 0.6 is 0 Å². The Bertz CT molecular complexity index is 803. The van der Waals surface area contributed by atoms with Crippen LogP contribution in [0.1, 0.15) is 40.4 Å². The van der Waals surface area contributed by atoms with Crippen LogP contribution in [0, 0.1) is 11.8 Å². The molecule has 1 aromatic carbocycles. The van der Waals surface area contributed by atoms with Crippen LogP contribution in [0.2, 0.25) is 0 Å². The van der Waals surface area contributed by atoms with Crippen LogP contribution in [0.4, 0.5) is 0 Å². The third-order valence-corrected chi connectivity index (χ3v) is 4.37. The van der Waals surface area contributed by atoms with E-state index in [1.165, 1.54) is 0 Å². The van der Waals surface area contributed by atoms with Crippen molar-refractivity contribution in [2.75, 3.05) is 26.2 Å². The van der Waals surface area contributed by atoms with Gasteiger partial charge in [-0.05, 0) is 30.5 Å². The number of hydrogen-bond acceptors (Lipinski definition) is 4. The van der Waals surface area contributed by atoms with Crippen molar-refractivity contribution in [3.8, 4) is 0 Å². The van der Waals surface area contributed by atoms with E-state index in [2.05, 4.69) is 37.7 Å². The molecule has 0 atom stereocenters. The highest BCUT2D eigenvalue weighted by molar-refractivity contribution is 5.78. The highest BCUT2D eigenvalue weighted by Crippen LogP contribution is 2.09. The number of aromatic nitrogens is 2. The number of likely N-dealkylation sites (N-methyl/N-ethyl adjacent to an activating group) is 1. The molecule has 2 aromatic rings. The molecule has 0 aliphatic heterocycles. The van der Waals surface area contributed by atoms with E-state index < -0.39 is 0 Å². The van der Waals surface area contributed by atoms with Crippen molar-refractivity contribution in [3.63, 3.8) is 0 Å². The maximum Gasteiger partial charge on any atom is 0.258 e. The highest BCUT2D eigenvalue weighted by Gasteiger charge is 2.19. The first-order valence-electron chi connectivity index (χ1n) is 9.78. The van der Waals surface area contributed by atoms with E-state index in [1.807, 2.05) is 34.9 Å². The van der Waals surface area contributed by atoms with Gasteiger partial charge in [0.15, 0.2) is 0 Å². The number of benzene rings is 1. The Labute approximate surface area is 161 Å². The third kappa shape index (κ3) is 6.17. The second-order valence-electron chi connectivity index (χ2n) is 7.92. The van der Waals surface area contributed by atoms with Gasteiger partial charge >= 0.3 is 0 Å². The van der Waals surface area contributed by atoms with Gasteiger partial charge in [-0.3, -0.25) is 14.5 Å². The van der Waals surface area contributed by atoms with Gasteiger partial charge in [0.2, 0.25) is 5.91 Å². The first-order chi connectivity index (χ1) is 12.8. The van der Waals surface area contributed by atoms with E-state index in [9.17, 15) is 9.59 Å². The lowest BCUT2D eigenvalue weighted by atomic mass is 10.1. The summed E-state index contributed by atoms with van der Waals surface area (Å²) in [5.41, 5.74) is 0.541. The summed E-state index contributed by atoms with van der Waals surface area (Å²) in [4.78, 5) is 36.5. The average Bonchev–Trinajstić information content (AvgIpc) is 2.59. The van der Waals surface area contributed by atoms with Crippen molar-refractivity contribution in [2.45, 2.75) is 41.2 Å². The minimum Gasteiger partial charge on any atom is -0.341 e. The molecule has 0 aliphatic carbocycles. The van der Waals surface area contributed by atoms with Crippen LogP contribution in [0.25, 0.3) is 10.9 Å². The number of amides is 1. The summed E-state index contributed by atoms with van der Waals surface area (Å²) in [6.45, 7) is 13.5. The van der Waals surface area contributed by atoms with Crippen molar-refractivity contribution in [2.24, 2.45) is 11.8 Å². The number of aromatic amines is 1. The molecule has 1 aromatic heterocycles. The summed E-state index contributed by atoms with van der Waals surface area (Å²) in [7, 11) is 0. The number of carbonyl (C=O) groups is 1. The van der Waals surface area contributed by atoms with Crippen LogP contribution in [0.15, 0.2) is 29.1 Å². The molecule has 2 rings (SSSR count). The lowest BCUT2D eigenvalue weighted by molar-refractivity contribution is -0.133. The molecule has 0 aliphatic rings. The number of rotatable bonds is 9. The van der Waals surface area contributed by atoms with E-state index in [0.717, 1.165) is 13.1 Å². The van der Waals surface area contributed by atoms with Crippen LogP contribution in [0.3, 0.4) is 0 Å². The van der Waals surface area contributed by atoms with Gasteiger partial charge in [-0.1, -0.05) is 46.8 Å². The fourth-order valence-corrected chi connectivity index (χ4v) is 3.15. The van der Waals surface area contributed by atoms with Crippen molar-refractivity contribution in [1.82, 2.24) is 19.8 Å². The predicted octanol–water partition coefficient (Wildman–Crippen LogP) is 2.89. The Morgan fingerprint density at radius 1 is 1.11 bits per heavy atom. The molecule has 1 N–H and O–H groups in total. The van der Waals surface area contributed by atoms with Crippen molar-refractivity contribution < 1.29 is 4.79 Å². The summed E-state index contributed by atoms with van der Waals surface area (Å²) >= 11 is 0. The summed E-state index contributed by atoms with van der Waals surface area (Å²) in [6.07, 6.45) is 0. The Morgan fingerprint density at radius 2 is 1.74 bits per heavy atom. The van der Waals surface area contributed by atoms with E-state index >= 15 is 0 Å². The fraction of sp³-hybridized carbons (Fsp3) is 0.571. The van der Waals surface area contributed by atoms with Crippen LogP contribution in [-0.2, 0) is 11.3 Å². The molecule has 6 nitrogen and oxygen atoms in total. The van der Waals surface area contributed by atoms with E-state index in [0.29, 0.717) is 48.2 Å². The first-order valence-corrected chi connectivity index (χ1v) is 9.78. The minimum absolute atomic E-state index is 0.127. The van der Waals surface area contributed by atoms with E-state index in [4.69, 9.17) is 0 Å². The Balaban J connectivity index is 2.12. The van der Waals surface area contributed by atoms with Crippen molar-refractivity contribution in [1.29, 1.82) is 0 Å². The maximum atomic E-state index is 12.8. The van der Waals surface area contributed by atoms with Gasteiger partial charge in [-0.15, -0.1) is 0 Å². The highest BCUT2D eigenvalue weighted by atomic mass is 16.2. The number of fused-ring (bicyclic) bond motifs is 1. The lowest BCUT2D eigenvalue weighted by Gasteiger charge is -2.29. The molecule has 0 spiro atoms. The van der Waals surface area contributed by atoms with Gasteiger partial charge in [0.1, 0.15) is 5.82 Å². The fourth-order valence-electron chi connectivity index (χ4n) is 3.15. The normalized spacial score (nSPS) is 11.7. The standard InChI is InChI=1S/C21H32N4O2/c1-6-24(14-20(26)25(11-15(2)3)12-16(4)5)13-19-22-18-10-8-7-9-17(18)21(27)23-19/h7-10,15-16H,6,11-14H2,1-5H3,(H,22,23,27). The second kappa shape index (κ2) is 9.65. The van der Waals surface area contributed by atoms with Gasteiger partial charge in [-0.2, -0.15) is 0 Å². The number of nitrogens with zero attached hydrogens (tertiary/aromatic N) is 3. The molecule has 1 heterocycles. The predicted molar refractivity (Wildman–Crippen MR) is 110 cm³/mol. The zero-order valence-corrected chi connectivity index (χ0v) is 17.2. The monoisotopic (exact) mass is 372 g/mol. The summed E-state index contributed by atoms with van der Waals surface area (Å²) < 4.78 is 0. The summed E-state index contributed by atoms with van der Waals surface area (Å²) in [5, 5.41) is 0.584. The molecule has 0 bridgehead atoms. The third-order valence-electron chi connectivity index (χ3n) is 4.37. The number of H-pyrrole nitrogens is 1.